The summed E-state index contributed by atoms with van der Waals surface area (Å²) in [7, 11) is 3.93. The zero-order valence-electron chi connectivity index (χ0n) is 14.2. The fraction of sp³-hybridized carbons (Fsp3) is 0.562. The molecule has 0 saturated carbocycles. The van der Waals surface area contributed by atoms with E-state index in [0.29, 0.717) is 0 Å². The van der Waals surface area contributed by atoms with Gasteiger partial charge in [0.1, 0.15) is 5.82 Å². The van der Waals surface area contributed by atoms with Gasteiger partial charge in [-0.15, -0.1) is 0 Å². The number of piperazine rings is 1. The van der Waals surface area contributed by atoms with Crippen LogP contribution in [0, 0.1) is 6.92 Å². The zero-order valence-corrected chi connectivity index (χ0v) is 14.2. The number of nitrogens with zero attached hydrogens (tertiary/aromatic N) is 7. The minimum atomic E-state index is 0.763. The van der Waals surface area contributed by atoms with Crippen molar-refractivity contribution >= 4 is 11.8 Å². The van der Waals surface area contributed by atoms with Crippen LogP contribution in [0.3, 0.4) is 0 Å². The molecule has 1 fully saturated rings. The Morgan fingerprint density at radius 2 is 1.91 bits per heavy atom. The molecule has 124 valence electrons. The lowest BCUT2D eigenvalue weighted by Gasteiger charge is -2.35. The highest BCUT2D eigenvalue weighted by Gasteiger charge is 2.18. The summed E-state index contributed by atoms with van der Waals surface area (Å²) in [5.74, 6) is 1.78. The van der Waals surface area contributed by atoms with Gasteiger partial charge in [-0.1, -0.05) is 0 Å². The zero-order chi connectivity index (χ0) is 16.2. The molecule has 0 amide bonds. The van der Waals surface area contributed by atoms with Crippen LogP contribution < -0.4 is 9.80 Å². The molecule has 1 saturated heterocycles. The molecule has 1 aliphatic heterocycles. The van der Waals surface area contributed by atoms with Crippen LogP contribution in [0.2, 0.25) is 0 Å². The third kappa shape index (κ3) is 3.98. The molecular weight excluding hydrogens is 290 g/mol. The summed E-state index contributed by atoms with van der Waals surface area (Å²) in [6, 6.07) is 2.00. The normalized spacial score (nSPS) is 15.9. The topological polar surface area (TPSA) is 53.3 Å². The number of anilines is 2. The molecule has 3 heterocycles. The molecule has 0 aromatic carbocycles. The Hall–Kier alpha value is -2.15. The van der Waals surface area contributed by atoms with Crippen LogP contribution in [-0.2, 0) is 6.54 Å². The summed E-state index contributed by atoms with van der Waals surface area (Å²) in [5.41, 5.74) is 1.22. The van der Waals surface area contributed by atoms with Gasteiger partial charge < -0.3 is 9.80 Å². The first-order valence-electron chi connectivity index (χ1n) is 8.08. The van der Waals surface area contributed by atoms with Gasteiger partial charge in [-0.3, -0.25) is 9.58 Å². The maximum atomic E-state index is 4.63. The molecule has 0 unspecified atom stereocenters. The van der Waals surface area contributed by atoms with Crippen molar-refractivity contribution in [3.8, 4) is 0 Å². The summed E-state index contributed by atoms with van der Waals surface area (Å²) in [5, 5.41) is 4.35. The lowest BCUT2D eigenvalue weighted by Crippen LogP contribution is -2.47. The fourth-order valence-corrected chi connectivity index (χ4v) is 2.76. The van der Waals surface area contributed by atoms with Crippen molar-refractivity contribution in [1.82, 2.24) is 24.6 Å². The molecular formula is C16H25N7. The smallest absolute Gasteiger partial charge is 0.226 e. The lowest BCUT2D eigenvalue weighted by atomic mass is 10.3. The molecule has 2 aromatic heterocycles. The van der Waals surface area contributed by atoms with Crippen LogP contribution in [0.1, 0.15) is 5.56 Å². The second-order valence-electron chi connectivity index (χ2n) is 6.22. The minimum absolute atomic E-state index is 0.763. The summed E-state index contributed by atoms with van der Waals surface area (Å²) in [4.78, 5) is 15.7. The second kappa shape index (κ2) is 6.95. The maximum absolute atomic E-state index is 4.63. The number of hydrogen-bond donors (Lipinski definition) is 0. The SMILES string of the molecule is Cc1cnn(CCN2CCN(c3ccnc(N(C)C)n3)CC2)c1. The molecule has 0 spiro atoms. The Labute approximate surface area is 137 Å². The van der Waals surface area contributed by atoms with Gasteiger partial charge in [-0.05, 0) is 18.6 Å². The van der Waals surface area contributed by atoms with E-state index in [0.717, 1.165) is 51.0 Å². The average Bonchev–Trinajstić information content (AvgIpc) is 2.99. The highest BCUT2D eigenvalue weighted by Crippen LogP contribution is 2.15. The van der Waals surface area contributed by atoms with Crippen molar-refractivity contribution in [2.45, 2.75) is 13.5 Å². The highest BCUT2D eigenvalue weighted by atomic mass is 15.3. The predicted molar refractivity (Wildman–Crippen MR) is 92.0 cm³/mol. The van der Waals surface area contributed by atoms with Crippen molar-refractivity contribution in [2.75, 3.05) is 56.6 Å². The van der Waals surface area contributed by atoms with Gasteiger partial charge in [0.25, 0.3) is 0 Å². The second-order valence-corrected chi connectivity index (χ2v) is 6.22. The molecule has 23 heavy (non-hydrogen) atoms. The molecule has 7 heteroatoms. The van der Waals surface area contributed by atoms with Crippen molar-refractivity contribution in [2.24, 2.45) is 0 Å². The van der Waals surface area contributed by atoms with E-state index < -0.39 is 0 Å². The summed E-state index contributed by atoms with van der Waals surface area (Å²) in [6.07, 6.45) is 5.85. The van der Waals surface area contributed by atoms with E-state index in [1.165, 1.54) is 5.56 Å². The fourth-order valence-electron chi connectivity index (χ4n) is 2.76. The molecule has 0 N–H and O–H groups in total. The Balaban J connectivity index is 1.51. The molecule has 7 nitrogen and oxygen atoms in total. The lowest BCUT2D eigenvalue weighted by molar-refractivity contribution is 0.244. The number of aryl methyl sites for hydroxylation is 1. The molecule has 0 atom stereocenters. The van der Waals surface area contributed by atoms with Gasteiger partial charge in [0.15, 0.2) is 0 Å². The Bertz CT molecular complexity index is 629. The van der Waals surface area contributed by atoms with Crippen molar-refractivity contribution in [3.63, 3.8) is 0 Å². The molecule has 0 aliphatic carbocycles. The van der Waals surface area contributed by atoms with Gasteiger partial charge in [-0.25, -0.2) is 4.98 Å². The van der Waals surface area contributed by atoms with Crippen LogP contribution in [0.15, 0.2) is 24.7 Å². The van der Waals surface area contributed by atoms with Crippen molar-refractivity contribution in [1.29, 1.82) is 0 Å². The van der Waals surface area contributed by atoms with Crippen LogP contribution in [0.4, 0.5) is 11.8 Å². The van der Waals surface area contributed by atoms with Crippen LogP contribution >= 0.6 is 0 Å². The van der Waals surface area contributed by atoms with E-state index in [9.17, 15) is 0 Å². The number of rotatable bonds is 5. The Morgan fingerprint density at radius 1 is 1.13 bits per heavy atom. The average molecular weight is 315 g/mol. The Kier molecular flexibility index (Phi) is 4.76. The quantitative estimate of drug-likeness (QED) is 0.816. The highest BCUT2D eigenvalue weighted by molar-refractivity contribution is 5.43. The monoisotopic (exact) mass is 315 g/mol. The summed E-state index contributed by atoms with van der Waals surface area (Å²) < 4.78 is 2.02. The summed E-state index contributed by atoms with van der Waals surface area (Å²) >= 11 is 0. The van der Waals surface area contributed by atoms with E-state index in [-0.39, 0.29) is 0 Å². The first-order valence-corrected chi connectivity index (χ1v) is 8.08. The van der Waals surface area contributed by atoms with E-state index in [1.807, 2.05) is 42.1 Å². The van der Waals surface area contributed by atoms with E-state index in [2.05, 4.69) is 38.0 Å². The molecule has 3 rings (SSSR count). The third-order valence-corrected chi connectivity index (χ3v) is 4.13. The van der Waals surface area contributed by atoms with E-state index >= 15 is 0 Å². The first kappa shape index (κ1) is 15.7. The van der Waals surface area contributed by atoms with Gasteiger partial charge in [0.2, 0.25) is 5.95 Å². The van der Waals surface area contributed by atoms with Gasteiger partial charge in [0.05, 0.1) is 12.7 Å². The van der Waals surface area contributed by atoms with Gasteiger partial charge in [0, 0.05) is 59.2 Å². The molecule has 0 bridgehead atoms. The largest absolute Gasteiger partial charge is 0.354 e. The molecule has 0 radical (unpaired) electrons. The first-order chi connectivity index (χ1) is 11.1. The van der Waals surface area contributed by atoms with Crippen molar-refractivity contribution < 1.29 is 0 Å². The third-order valence-electron chi connectivity index (χ3n) is 4.13. The predicted octanol–water partition coefficient (Wildman–Crippen LogP) is 0.870. The van der Waals surface area contributed by atoms with Crippen molar-refractivity contribution in [3.05, 3.63) is 30.2 Å². The van der Waals surface area contributed by atoms with E-state index in [1.54, 1.807) is 0 Å². The van der Waals surface area contributed by atoms with E-state index in [4.69, 9.17) is 0 Å². The van der Waals surface area contributed by atoms with Crippen LogP contribution in [-0.4, -0.2) is 71.5 Å². The Morgan fingerprint density at radius 3 is 2.57 bits per heavy atom. The molecule has 2 aromatic rings. The number of aromatic nitrogens is 4. The summed E-state index contributed by atoms with van der Waals surface area (Å²) in [6.45, 7) is 8.19. The minimum Gasteiger partial charge on any atom is -0.354 e. The standard InChI is InChI=1S/C16H25N7/c1-14-12-18-23(13-14)11-8-21-6-9-22(10-7-21)15-4-5-17-16(19-15)20(2)3/h4-5,12-13H,6-11H2,1-3H3. The maximum Gasteiger partial charge on any atom is 0.226 e. The van der Waals surface area contributed by atoms with Crippen LogP contribution in [0.5, 0.6) is 0 Å². The van der Waals surface area contributed by atoms with Gasteiger partial charge >= 0.3 is 0 Å². The number of hydrogen-bond acceptors (Lipinski definition) is 6. The van der Waals surface area contributed by atoms with Crippen LogP contribution in [0.25, 0.3) is 0 Å². The molecule has 1 aliphatic rings. The van der Waals surface area contributed by atoms with Gasteiger partial charge in [-0.2, -0.15) is 10.1 Å².